The highest BCUT2D eigenvalue weighted by atomic mass is 16.4. The summed E-state index contributed by atoms with van der Waals surface area (Å²) in [6.45, 7) is 13.1. The lowest BCUT2D eigenvalue weighted by atomic mass is 9.69. The smallest absolute Gasteiger partial charge is 0.304 e. The Labute approximate surface area is 118 Å². The number of carboxylic acids is 1. The van der Waals surface area contributed by atoms with Gasteiger partial charge in [-0.2, -0.15) is 0 Å². The maximum atomic E-state index is 11.1. The van der Waals surface area contributed by atoms with Crippen LogP contribution in [-0.2, 0) is 4.79 Å². The highest BCUT2D eigenvalue weighted by Crippen LogP contribution is 2.43. The Hall–Kier alpha value is -0.570. The molecule has 112 valence electrons. The van der Waals surface area contributed by atoms with Crippen molar-refractivity contribution in [3.05, 3.63) is 0 Å². The van der Waals surface area contributed by atoms with Gasteiger partial charge in [0.2, 0.25) is 0 Å². The Bertz CT molecular complexity index is 292. The summed E-state index contributed by atoms with van der Waals surface area (Å²) in [6, 6.07) is 0.159. The molecule has 0 saturated carbocycles. The van der Waals surface area contributed by atoms with Crippen LogP contribution < -0.4 is 0 Å². The number of aliphatic carboxylic acids is 1. The lowest BCUT2D eigenvalue weighted by Crippen LogP contribution is -2.62. The predicted octanol–water partition coefficient (Wildman–Crippen LogP) is 3.78. The largest absolute Gasteiger partial charge is 0.481 e. The molecule has 19 heavy (non-hydrogen) atoms. The van der Waals surface area contributed by atoms with E-state index in [9.17, 15) is 4.79 Å². The second-order valence-electron chi connectivity index (χ2n) is 7.38. The molecule has 0 radical (unpaired) electrons. The van der Waals surface area contributed by atoms with Crippen molar-refractivity contribution in [2.75, 3.05) is 13.1 Å². The number of rotatable bonds is 7. The van der Waals surface area contributed by atoms with Gasteiger partial charge in [-0.05, 0) is 23.7 Å². The van der Waals surface area contributed by atoms with Crippen molar-refractivity contribution in [1.82, 2.24) is 4.90 Å². The summed E-state index contributed by atoms with van der Waals surface area (Å²) in [6.07, 6.45) is 5.28. The molecule has 1 rings (SSSR count). The molecule has 1 atom stereocenters. The van der Waals surface area contributed by atoms with Gasteiger partial charge in [-0.25, -0.2) is 0 Å². The normalized spacial score (nSPS) is 20.9. The zero-order valence-electron chi connectivity index (χ0n) is 13.3. The van der Waals surface area contributed by atoms with E-state index in [0.29, 0.717) is 5.41 Å². The van der Waals surface area contributed by atoms with Crippen LogP contribution in [0, 0.1) is 10.8 Å². The fraction of sp³-hybridized carbons (Fsp3) is 0.938. The van der Waals surface area contributed by atoms with E-state index in [0.717, 1.165) is 13.1 Å². The first-order valence-electron chi connectivity index (χ1n) is 7.70. The summed E-state index contributed by atoms with van der Waals surface area (Å²) >= 11 is 0. The number of hydrogen-bond donors (Lipinski definition) is 1. The van der Waals surface area contributed by atoms with Crippen LogP contribution in [0.3, 0.4) is 0 Å². The van der Waals surface area contributed by atoms with Crippen molar-refractivity contribution < 1.29 is 9.90 Å². The molecule has 1 N–H and O–H groups in total. The van der Waals surface area contributed by atoms with E-state index in [2.05, 4.69) is 39.5 Å². The van der Waals surface area contributed by atoms with E-state index >= 15 is 0 Å². The monoisotopic (exact) mass is 269 g/mol. The van der Waals surface area contributed by atoms with Gasteiger partial charge >= 0.3 is 5.97 Å². The third-order valence-electron chi connectivity index (χ3n) is 4.45. The average molecular weight is 269 g/mol. The summed E-state index contributed by atoms with van der Waals surface area (Å²) in [5.41, 5.74) is 0.495. The van der Waals surface area contributed by atoms with Crippen LogP contribution in [-0.4, -0.2) is 35.1 Å². The van der Waals surface area contributed by atoms with Crippen molar-refractivity contribution in [3.8, 4) is 0 Å². The minimum atomic E-state index is -0.677. The fourth-order valence-electron chi connectivity index (χ4n) is 3.69. The van der Waals surface area contributed by atoms with E-state index in [1.54, 1.807) is 0 Å². The Kier molecular flexibility index (Phi) is 5.43. The maximum Gasteiger partial charge on any atom is 0.304 e. The summed E-state index contributed by atoms with van der Waals surface area (Å²) in [4.78, 5) is 13.5. The first-order chi connectivity index (χ1) is 8.74. The van der Waals surface area contributed by atoms with Gasteiger partial charge in [-0.3, -0.25) is 9.69 Å². The molecule has 3 nitrogen and oxygen atoms in total. The van der Waals surface area contributed by atoms with Crippen LogP contribution >= 0.6 is 0 Å². The zero-order chi connectivity index (χ0) is 14.7. The van der Waals surface area contributed by atoms with Crippen LogP contribution in [0.25, 0.3) is 0 Å². The van der Waals surface area contributed by atoms with Crippen molar-refractivity contribution in [3.63, 3.8) is 0 Å². The molecular weight excluding hydrogens is 238 g/mol. The number of carboxylic acid groups (broad SMARTS) is 1. The Morgan fingerprint density at radius 1 is 1.21 bits per heavy atom. The summed E-state index contributed by atoms with van der Waals surface area (Å²) in [5, 5.41) is 9.13. The third kappa shape index (κ3) is 4.20. The van der Waals surface area contributed by atoms with Gasteiger partial charge in [0.25, 0.3) is 0 Å². The SMILES string of the molecule is CCCC1(CCC)CN(C(CC(=O)O)C(C)(C)C)C1. The number of carbonyl (C=O) groups is 1. The highest BCUT2D eigenvalue weighted by molar-refractivity contribution is 5.67. The first kappa shape index (κ1) is 16.5. The molecule has 1 saturated heterocycles. The number of likely N-dealkylation sites (tertiary alicyclic amines) is 1. The summed E-state index contributed by atoms with van der Waals surface area (Å²) in [7, 11) is 0. The topological polar surface area (TPSA) is 40.5 Å². The zero-order valence-corrected chi connectivity index (χ0v) is 13.3. The van der Waals surface area contributed by atoms with Gasteiger partial charge in [0.1, 0.15) is 0 Å². The summed E-state index contributed by atoms with van der Waals surface area (Å²) < 4.78 is 0. The number of nitrogens with zero attached hydrogens (tertiary/aromatic N) is 1. The Morgan fingerprint density at radius 2 is 1.68 bits per heavy atom. The molecule has 1 aliphatic heterocycles. The van der Waals surface area contributed by atoms with Gasteiger partial charge in [-0.15, -0.1) is 0 Å². The molecule has 0 amide bonds. The quantitative estimate of drug-likeness (QED) is 0.764. The molecule has 0 spiro atoms. The average Bonchev–Trinajstić information content (AvgIpc) is 2.20. The Balaban J connectivity index is 2.68. The van der Waals surface area contributed by atoms with Gasteiger partial charge < -0.3 is 5.11 Å². The summed E-state index contributed by atoms with van der Waals surface area (Å²) in [5.74, 6) is -0.677. The molecule has 0 aliphatic carbocycles. The third-order valence-corrected chi connectivity index (χ3v) is 4.45. The first-order valence-corrected chi connectivity index (χ1v) is 7.70. The minimum Gasteiger partial charge on any atom is -0.481 e. The van der Waals surface area contributed by atoms with Crippen molar-refractivity contribution in [2.45, 2.75) is 72.8 Å². The molecule has 0 aromatic carbocycles. The molecular formula is C16H31NO2. The van der Waals surface area contributed by atoms with Crippen molar-refractivity contribution in [2.24, 2.45) is 10.8 Å². The molecule has 0 aromatic heterocycles. The lowest BCUT2D eigenvalue weighted by Gasteiger charge is -2.56. The van der Waals surface area contributed by atoms with Crippen molar-refractivity contribution in [1.29, 1.82) is 0 Å². The van der Waals surface area contributed by atoms with Crippen LogP contribution in [0.5, 0.6) is 0 Å². The molecule has 1 aliphatic rings. The van der Waals surface area contributed by atoms with E-state index in [-0.39, 0.29) is 17.9 Å². The highest BCUT2D eigenvalue weighted by Gasteiger charge is 2.46. The van der Waals surface area contributed by atoms with E-state index in [1.165, 1.54) is 25.7 Å². The second kappa shape index (κ2) is 6.25. The van der Waals surface area contributed by atoms with Gasteiger partial charge in [0.05, 0.1) is 6.42 Å². The minimum absolute atomic E-state index is 0.0307. The van der Waals surface area contributed by atoms with Crippen molar-refractivity contribution >= 4 is 5.97 Å². The maximum absolute atomic E-state index is 11.1. The van der Waals surface area contributed by atoms with Crippen LogP contribution in [0.1, 0.15) is 66.7 Å². The van der Waals surface area contributed by atoms with Gasteiger partial charge in [0.15, 0.2) is 0 Å². The second-order valence-corrected chi connectivity index (χ2v) is 7.38. The predicted molar refractivity (Wildman–Crippen MR) is 79.3 cm³/mol. The van der Waals surface area contributed by atoms with E-state index in [1.807, 2.05) is 0 Å². The van der Waals surface area contributed by atoms with Crippen LogP contribution in [0.2, 0.25) is 0 Å². The molecule has 1 unspecified atom stereocenters. The lowest BCUT2D eigenvalue weighted by molar-refractivity contribution is -0.143. The van der Waals surface area contributed by atoms with E-state index in [4.69, 9.17) is 5.11 Å². The van der Waals surface area contributed by atoms with Crippen LogP contribution in [0.15, 0.2) is 0 Å². The van der Waals surface area contributed by atoms with Crippen LogP contribution in [0.4, 0.5) is 0 Å². The van der Waals surface area contributed by atoms with Gasteiger partial charge in [-0.1, -0.05) is 47.5 Å². The molecule has 0 bridgehead atoms. The number of hydrogen-bond acceptors (Lipinski definition) is 2. The molecule has 1 heterocycles. The van der Waals surface area contributed by atoms with E-state index < -0.39 is 5.97 Å². The van der Waals surface area contributed by atoms with Gasteiger partial charge in [0, 0.05) is 19.1 Å². The molecule has 0 aromatic rings. The fourth-order valence-corrected chi connectivity index (χ4v) is 3.69. The molecule has 3 heteroatoms. The molecule has 1 fully saturated rings. The Morgan fingerprint density at radius 3 is 2.00 bits per heavy atom. The standard InChI is InChI=1S/C16H31NO2/c1-6-8-16(9-7-2)11-17(12-16)13(10-14(18)19)15(3,4)5/h13H,6-12H2,1-5H3,(H,18,19).